The van der Waals surface area contributed by atoms with Crippen LogP contribution in [0.25, 0.3) is 39.4 Å². The first-order valence-corrected chi connectivity index (χ1v) is 10.4. The van der Waals surface area contributed by atoms with Crippen molar-refractivity contribution in [2.45, 2.75) is 0 Å². The summed E-state index contributed by atoms with van der Waals surface area (Å²) in [5.41, 5.74) is 5.63. The third kappa shape index (κ3) is 3.56. The summed E-state index contributed by atoms with van der Waals surface area (Å²) in [6.45, 7) is 0. The summed E-state index contributed by atoms with van der Waals surface area (Å²) in [4.78, 5) is 9.42. The molecule has 5 rings (SSSR count). The van der Waals surface area contributed by atoms with Crippen molar-refractivity contribution >= 4 is 40.6 Å². The molecule has 5 aromatic rings. The van der Waals surface area contributed by atoms with Crippen LogP contribution in [0.3, 0.4) is 0 Å². The van der Waals surface area contributed by atoms with Crippen LogP contribution in [0, 0.1) is 0 Å². The van der Waals surface area contributed by atoms with Crippen LogP contribution in [-0.4, -0.2) is 14.4 Å². The molecule has 0 saturated heterocycles. The third-order valence-corrected chi connectivity index (χ3v) is 5.61. The SMILES string of the molecule is Clc1ccc(-c2nc3ncc(-c4cccc(Cl)c4)cn3c2-c2ccc(Cl)cc2)cc1. The Labute approximate surface area is 188 Å². The monoisotopic (exact) mass is 449 g/mol. The topological polar surface area (TPSA) is 30.2 Å². The molecule has 0 N–H and O–H groups in total. The molecular weight excluding hydrogens is 437 g/mol. The molecule has 146 valence electrons. The molecule has 2 aromatic heterocycles. The van der Waals surface area contributed by atoms with Crippen molar-refractivity contribution in [2.75, 3.05) is 0 Å². The van der Waals surface area contributed by atoms with Gasteiger partial charge in [-0.3, -0.25) is 4.40 Å². The van der Waals surface area contributed by atoms with Gasteiger partial charge in [-0.1, -0.05) is 71.2 Å². The summed E-state index contributed by atoms with van der Waals surface area (Å²) in [6.07, 6.45) is 3.84. The molecule has 0 atom stereocenters. The molecule has 0 bridgehead atoms. The van der Waals surface area contributed by atoms with E-state index in [4.69, 9.17) is 39.8 Å². The van der Waals surface area contributed by atoms with Crippen LogP contribution in [0.2, 0.25) is 15.1 Å². The Kier molecular flexibility index (Phi) is 4.95. The molecule has 0 aliphatic carbocycles. The van der Waals surface area contributed by atoms with Gasteiger partial charge in [0, 0.05) is 44.2 Å². The number of fused-ring (bicyclic) bond motifs is 1. The van der Waals surface area contributed by atoms with Crippen LogP contribution in [0.5, 0.6) is 0 Å². The number of aromatic nitrogens is 3. The van der Waals surface area contributed by atoms with E-state index in [1.165, 1.54) is 0 Å². The maximum Gasteiger partial charge on any atom is 0.234 e. The van der Waals surface area contributed by atoms with Crippen LogP contribution < -0.4 is 0 Å². The summed E-state index contributed by atoms with van der Waals surface area (Å²) >= 11 is 18.4. The Balaban J connectivity index is 1.78. The van der Waals surface area contributed by atoms with Gasteiger partial charge in [0.1, 0.15) is 0 Å². The van der Waals surface area contributed by atoms with Gasteiger partial charge in [-0.05, 0) is 42.0 Å². The average Bonchev–Trinajstić information content (AvgIpc) is 3.13. The average molecular weight is 451 g/mol. The maximum absolute atomic E-state index is 6.19. The fourth-order valence-corrected chi connectivity index (χ4v) is 3.89. The fraction of sp³-hybridized carbons (Fsp3) is 0. The second-order valence-electron chi connectivity index (χ2n) is 6.85. The lowest BCUT2D eigenvalue weighted by Gasteiger charge is -2.08. The zero-order valence-electron chi connectivity index (χ0n) is 15.6. The second kappa shape index (κ2) is 7.77. The van der Waals surface area contributed by atoms with Gasteiger partial charge in [-0.25, -0.2) is 9.97 Å². The van der Waals surface area contributed by atoms with E-state index in [1.807, 2.05) is 89.6 Å². The number of imidazole rings is 1. The van der Waals surface area contributed by atoms with Gasteiger partial charge in [0.05, 0.1) is 11.4 Å². The summed E-state index contributed by atoms with van der Waals surface area (Å²) in [5.74, 6) is 0.607. The minimum atomic E-state index is 0.607. The highest BCUT2D eigenvalue weighted by Gasteiger charge is 2.17. The normalized spacial score (nSPS) is 11.2. The maximum atomic E-state index is 6.19. The molecule has 6 heteroatoms. The molecule has 0 unspecified atom stereocenters. The number of benzene rings is 3. The van der Waals surface area contributed by atoms with E-state index in [1.54, 1.807) is 0 Å². The molecule has 30 heavy (non-hydrogen) atoms. The van der Waals surface area contributed by atoms with Crippen molar-refractivity contribution < 1.29 is 0 Å². The zero-order chi connectivity index (χ0) is 20.7. The summed E-state index contributed by atoms with van der Waals surface area (Å²) < 4.78 is 2.00. The predicted molar refractivity (Wildman–Crippen MR) is 124 cm³/mol. The molecule has 0 fully saturated rings. The van der Waals surface area contributed by atoms with Gasteiger partial charge < -0.3 is 0 Å². The molecule has 3 nitrogen and oxygen atoms in total. The Bertz CT molecular complexity index is 1360. The molecule has 3 aromatic carbocycles. The highest BCUT2D eigenvalue weighted by molar-refractivity contribution is 6.31. The van der Waals surface area contributed by atoms with Gasteiger partial charge >= 0.3 is 0 Å². The number of halogens is 3. The molecular formula is C24H14Cl3N3. The van der Waals surface area contributed by atoms with Crippen molar-refractivity contribution in [3.05, 3.63) is 100 Å². The molecule has 2 heterocycles. The Morgan fingerprint density at radius 2 is 1.30 bits per heavy atom. The van der Waals surface area contributed by atoms with Crippen LogP contribution >= 0.6 is 34.8 Å². The smallest absolute Gasteiger partial charge is 0.234 e. The number of nitrogens with zero attached hydrogens (tertiary/aromatic N) is 3. The molecule has 0 amide bonds. The van der Waals surface area contributed by atoms with Gasteiger partial charge in [0.2, 0.25) is 5.78 Å². The van der Waals surface area contributed by atoms with E-state index in [2.05, 4.69) is 4.98 Å². The second-order valence-corrected chi connectivity index (χ2v) is 8.16. The van der Waals surface area contributed by atoms with E-state index in [-0.39, 0.29) is 0 Å². The first-order chi connectivity index (χ1) is 14.6. The lowest BCUT2D eigenvalue weighted by molar-refractivity contribution is 1.11. The van der Waals surface area contributed by atoms with Gasteiger partial charge in [-0.15, -0.1) is 0 Å². The molecule has 0 aliphatic rings. The van der Waals surface area contributed by atoms with Gasteiger partial charge in [-0.2, -0.15) is 0 Å². The Morgan fingerprint density at radius 1 is 0.633 bits per heavy atom. The zero-order valence-corrected chi connectivity index (χ0v) is 17.8. The van der Waals surface area contributed by atoms with Crippen molar-refractivity contribution in [3.8, 4) is 33.6 Å². The highest BCUT2D eigenvalue weighted by Crippen LogP contribution is 2.34. The Hall–Kier alpha value is -2.85. The lowest BCUT2D eigenvalue weighted by Crippen LogP contribution is -1.93. The van der Waals surface area contributed by atoms with Gasteiger partial charge in [0.25, 0.3) is 0 Å². The van der Waals surface area contributed by atoms with E-state index in [9.17, 15) is 0 Å². The predicted octanol–water partition coefficient (Wildman–Crippen LogP) is 7.69. The minimum absolute atomic E-state index is 0.607. The quantitative estimate of drug-likeness (QED) is 0.282. The van der Waals surface area contributed by atoms with E-state index in [0.29, 0.717) is 20.8 Å². The first kappa shape index (κ1) is 19.1. The van der Waals surface area contributed by atoms with E-state index in [0.717, 1.165) is 33.6 Å². The summed E-state index contributed by atoms with van der Waals surface area (Å²) in [6, 6.07) is 23.1. The fourth-order valence-electron chi connectivity index (χ4n) is 3.44. The van der Waals surface area contributed by atoms with Crippen LogP contribution in [0.4, 0.5) is 0 Å². The molecule has 0 saturated carbocycles. The van der Waals surface area contributed by atoms with Gasteiger partial charge in [0.15, 0.2) is 0 Å². The molecule has 0 radical (unpaired) electrons. The minimum Gasteiger partial charge on any atom is -0.282 e. The van der Waals surface area contributed by atoms with Crippen LogP contribution in [-0.2, 0) is 0 Å². The standard InChI is InChI=1S/C24H14Cl3N3/c25-19-8-4-15(5-9-19)22-23(16-6-10-20(26)11-7-16)30-14-18(13-28-24(30)29-22)17-2-1-3-21(27)12-17/h1-14H. The molecule has 0 spiro atoms. The van der Waals surface area contributed by atoms with Crippen molar-refractivity contribution in [1.29, 1.82) is 0 Å². The number of hydrogen-bond donors (Lipinski definition) is 0. The summed E-state index contributed by atoms with van der Waals surface area (Å²) in [5, 5.41) is 2.04. The van der Waals surface area contributed by atoms with E-state index < -0.39 is 0 Å². The van der Waals surface area contributed by atoms with Crippen LogP contribution in [0.1, 0.15) is 0 Å². The van der Waals surface area contributed by atoms with Crippen molar-refractivity contribution in [1.82, 2.24) is 14.4 Å². The lowest BCUT2D eigenvalue weighted by atomic mass is 10.0. The first-order valence-electron chi connectivity index (χ1n) is 9.24. The molecule has 0 aliphatic heterocycles. The largest absolute Gasteiger partial charge is 0.282 e. The third-order valence-electron chi connectivity index (χ3n) is 4.87. The van der Waals surface area contributed by atoms with Crippen LogP contribution in [0.15, 0.2) is 85.2 Å². The van der Waals surface area contributed by atoms with Crippen molar-refractivity contribution in [2.24, 2.45) is 0 Å². The van der Waals surface area contributed by atoms with Crippen molar-refractivity contribution in [3.63, 3.8) is 0 Å². The summed E-state index contributed by atoms with van der Waals surface area (Å²) in [7, 11) is 0. The Morgan fingerprint density at radius 3 is 1.97 bits per heavy atom. The highest BCUT2D eigenvalue weighted by atomic mass is 35.5. The number of rotatable bonds is 3. The number of hydrogen-bond acceptors (Lipinski definition) is 2. The van der Waals surface area contributed by atoms with E-state index >= 15 is 0 Å².